The molecule has 0 saturated carbocycles. The SMILES string of the molecule is c1ccc(-c2nc(-c3cccc4c3-c3ccccc3C4(c3ccccc3)c3ccccc3)nc(-c3cccc4sc5cccc(-c6nc7ccccc7s6)c5c34)n2)cc1. The zero-order valence-electron chi connectivity index (χ0n) is 31.6. The van der Waals surface area contributed by atoms with E-state index >= 15 is 0 Å². The van der Waals surface area contributed by atoms with E-state index in [1.165, 1.54) is 47.3 Å². The van der Waals surface area contributed by atoms with Gasteiger partial charge in [-0.2, -0.15) is 0 Å². The third-order valence-electron chi connectivity index (χ3n) is 11.7. The lowest BCUT2D eigenvalue weighted by atomic mass is 9.67. The molecular formula is C53H32N4S2. The lowest BCUT2D eigenvalue weighted by Crippen LogP contribution is -2.28. The average Bonchev–Trinajstić information content (AvgIpc) is 4.01. The summed E-state index contributed by atoms with van der Waals surface area (Å²) in [5.74, 6) is 1.91. The van der Waals surface area contributed by atoms with Crippen LogP contribution in [0.3, 0.4) is 0 Å². The quantitative estimate of drug-likeness (QED) is 0.168. The summed E-state index contributed by atoms with van der Waals surface area (Å²) in [6.45, 7) is 0. The Balaban J connectivity index is 1.14. The van der Waals surface area contributed by atoms with E-state index in [4.69, 9.17) is 19.9 Å². The van der Waals surface area contributed by atoms with E-state index < -0.39 is 5.41 Å². The van der Waals surface area contributed by atoms with Gasteiger partial charge in [0.25, 0.3) is 0 Å². The van der Waals surface area contributed by atoms with Gasteiger partial charge in [0.1, 0.15) is 5.01 Å². The second-order valence-electron chi connectivity index (χ2n) is 14.9. The first-order valence-corrected chi connectivity index (χ1v) is 21.4. The van der Waals surface area contributed by atoms with E-state index in [-0.39, 0.29) is 0 Å². The summed E-state index contributed by atoms with van der Waals surface area (Å²) in [5.41, 5.74) is 11.7. The van der Waals surface area contributed by atoms with Crippen LogP contribution in [0.4, 0.5) is 0 Å². The van der Waals surface area contributed by atoms with Gasteiger partial charge in [0.15, 0.2) is 17.5 Å². The highest BCUT2D eigenvalue weighted by molar-refractivity contribution is 7.26. The van der Waals surface area contributed by atoms with Crippen LogP contribution in [0, 0.1) is 0 Å². The maximum Gasteiger partial charge on any atom is 0.164 e. The number of hydrogen-bond donors (Lipinski definition) is 0. The first-order chi connectivity index (χ1) is 29.3. The Morgan fingerprint density at radius 1 is 0.339 bits per heavy atom. The first kappa shape index (κ1) is 34.0. The van der Waals surface area contributed by atoms with Gasteiger partial charge in [0.05, 0.1) is 15.6 Å². The fourth-order valence-corrected chi connectivity index (χ4v) is 11.4. The lowest BCUT2D eigenvalue weighted by molar-refractivity contribution is 0.768. The standard InChI is InChI=1S/C53H32N4S2/c1-4-17-33(18-5-1)49-55-50(37-24-14-28-41-46(37)36-23-10-11-27-40(36)53(41,34-19-6-2-7-20-34)35-21-8-3-9-22-35)57-51(56-49)38-25-15-31-44-47(38)48-39(26-16-32-45(48)58-44)52-54-42-29-12-13-30-43(42)59-52/h1-32H. The van der Waals surface area contributed by atoms with Crippen molar-refractivity contribution in [1.82, 2.24) is 19.9 Å². The van der Waals surface area contributed by atoms with E-state index in [2.05, 4.69) is 176 Å². The number of benzene rings is 8. The highest BCUT2D eigenvalue weighted by atomic mass is 32.1. The Hall–Kier alpha value is -7.12. The van der Waals surface area contributed by atoms with Crippen molar-refractivity contribution in [3.05, 3.63) is 216 Å². The third kappa shape index (κ3) is 5.20. The molecule has 0 bridgehead atoms. The molecule has 0 atom stereocenters. The van der Waals surface area contributed by atoms with Gasteiger partial charge < -0.3 is 0 Å². The molecule has 1 aliphatic carbocycles. The van der Waals surface area contributed by atoms with Crippen molar-refractivity contribution < 1.29 is 0 Å². The Bertz CT molecular complexity index is 3320. The van der Waals surface area contributed by atoms with Crippen LogP contribution in [0.5, 0.6) is 0 Å². The summed E-state index contributed by atoms with van der Waals surface area (Å²) in [6, 6.07) is 69.0. The molecule has 0 saturated heterocycles. The zero-order chi connectivity index (χ0) is 38.9. The number of fused-ring (bicyclic) bond motifs is 7. The molecule has 6 heteroatoms. The summed E-state index contributed by atoms with van der Waals surface area (Å²) in [4.78, 5) is 21.2. The normalized spacial score (nSPS) is 12.9. The molecular weight excluding hydrogens is 757 g/mol. The van der Waals surface area contributed by atoms with Crippen molar-refractivity contribution in [1.29, 1.82) is 0 Å². The molecule has 12 rings (SSSR count). The fraction of sp³-hybridized carbons (Fsp3) is 0.0189. The van der Waals surface area contributed by atoms with Gasteiger partial charge in [-0.15, -0.1) is 22.7 Å². The van der Waals surface area contributed by atoms with Crippen molar-refractivity contribution in [2.45, 2.75) is 5.41 Å². The molecule has 1 aliphatic rings. The number of thiazole rings is 1. The smallest absolute Gasteiger partial charge is 0.164 e. The van der Waals surface area contributed by atoms with Gasteiger partial charge in [-0.05, 0) is 57.6 Å². The van der Waals surface area contributed by atoms with Crippen molar-refractivity contribution in [2.75, 3.05) is 0 Å². The first-order valence-electron chi connectivity index (χ1n) is 19.7. The number of hydrogen-bond acceptors (Lipinski definition) is 6. The summed E-state index contributed by atoms with van der Waals surface area (Å²) in [5, 5.41) is 3.32. The topological polar surface area (TPSA) is 51.6 Å². The molecule has 0 amide bonds. The molecule has 0 radical (unpaired) electrons. The third-order valence-corrected chi connectivity index (χ3v) is 13.9. The molecule has 59 heavy (non-hydrogen) atoms. The van der Waals surface area contributed by atoms with Crippen molar-refractivity contribution in [3.63, 3.8) is 0 Å². The van der Waals surface area contributed by atoms with Crippen LogP contribution < -0.4 is 0 Å². The maximum absolute atomic E-state index is 5.49. The van der Waals surface area contributed by atoms with Gasteiger partial charge in [0, 0.05) is 42.4 Å². The minimum absolute atomic E-state index is 0.541. The number of nitrogens with zero attached hydrogens (tertiary/aromatic N) is 4. The summed E-state index contributed by atoms with van der Waals surface area (Å²) in [7, 11) is 0. The molecule has 276 valence electrons. The monoisotopic (exact) mass is 788 g/mol. The number of aromatic nitrogens is 4. The number of para-hydroxylation sites is 1. The van der Waals surface area contributed by atoms with Gasteiger partial charge in [0.2, 0.25) is 0 Å². The van der Waals surface area contributed by atoms with Crippen molar-refractivity contribution in [2.24, 2.45) is 0 Å². The number of thiophene rings is 1. The summed E-state index contributed by atoms with van der Waals surface area (Å²) < 4.78 is 3.56. The van der Waals surface area contributed by atoms with Gasteiger partial charge in [-0.3, -0.25) is 0 Å². The molecule has 0 fully saturated rings. The highest BCUT2D eigenvalue weighted by Gasteiger charge is 2.47. The van der Waals surface area contributed by atoms with Gasteiger partial charge >= 0.3 is 0 Å². The second-order valence-corrected chi connectivity index (χ2v) is 17.0. The van der Waals surface area contributed by atoms with E-state index in [0.717, 1.165) is 43.7 Å². The fourth-order valence-electron chi connectivity index (χ4n) is 9.23. The van der Waals surface area contributed by atoms with Crippen LogP contribution in [-0.2, 0) is 5.41 Å². The molecule has 0 aliphatic heterocycles. The van der Waals surface area contributed by atoms with Crippen LogP contribution >= 0.6 is 22.7 Å². The van der Waals surface area contributed by atoms with Crippen molar-refractivity contribution in [3.8, 4) is 55.9 Å². The molecule has 0 spiro atoms. The molecule has 4 nitrogen and oxygen atoms in total. The Morgan fingerprint density at radius 3 is 1.58 bits per heavy atom. The van der Waals surface area contributed by atoms with Crippen LogP contribution in [-0.4, -0.2) is 19.9 Å². The van der Waals surface area contributed by atoms with E-state index in [1.54, 1.807) is 22.7 Å². The van der Waals surface area contributed by atoms with Crippen LogP contribution in [0.25, 0.3) is 86.3 Å². The molecule has 3 heterocycles. The Morgan fingerprint density at radius 2 is 0.847 bits per heavy atom. The highest BCUT2D eigenvalue weighted by Crippen LogP contribution is 2.58. The maximum atomic E-state index is 5.49. The molecule has 8 aromatic carbocycles. The minimum Gasteiger partial charge on any atom is -0.236 e. The second kappa shape index (κ2) is 13.5. The largest absolute Gasteiger partial charge is 0.236 e. The molecule has 0 unspecified atom stereocenters. The predicted octanol–water partition coefficient (Wildman–Crippen LogP) is 13.9. The van der Waals surface area contributed by atoms with E-state index in [1.807, 2.05) is 18.2 Å². The van der Waals surface area contributed by atoms with Gasteiger partial charge in [-0.25, -0.2) is 19.9 Å². The molecule has 3 aromatic heterocycles. The average molecular weight is 789 g/mol. The minimum atomic E-state index is -0.541. The van der Waals surface area contributed by atoms with Crippen LogP contribution in [0.1, 0.15) is 22.3 Å². The number of rotatable bonds is 6. The zero-order valence-corrected chi connectivity index (χ0v) is 33.2. The Kier molecular flexibility index (Phi) is 7.77. The predicted molar refractivity (Wildman–Crippen MR) is 245 cm³/mol. The lowest BCUT2D eigenvalue weighted by Gasteiger charge is -2.33. The summed E-state index contributed by atoms with van der Waals surface area (Å²) >= 11 is 3.53. The van der Waals surface area contributed by atoms with Gasteiger partial charge in [-0.1, -0.05) is 170 Å². The van der Waals surface area contributed by atoms with Crippen LogP contribution in [0.15, 0.2) is 194 Å². The Labute approximate surface area is 348 Å². The molecule has 11 aromatic rings. The molecule has 0 N–H and O–H groups in total. The van der Waals surface area contributed by atoms with Crippen LogP contribution in [0.2, 0.25) is 0 Å². The van der Waals surface area contributed by atoms with E-state index in [0.29, 0.717) is 17.5 Å². The van der Waals surface area contributed by atoms with Crippen molar-refractivity contribution >= 4 is 53.1 Å². The summed E-state index contributed by atoms with van der Waals surface area (Å²) in [6.07, 6.45) is 0. The van der Waals surface area contributed by atoms with E-state index in [9.17, 15) is 0 Å².